The predicted octanol–water partition coefficient (Wildman–Crippen LogP) is 7.75. The van der Waals surface area contributed by atoms with E-state index >= 15 is 0 Å². The van der Waals surface area contributed by atoms with Crippen molar-refractivity contribution < 1.29 is 4.74 Å². The van der Waals surface area contributed by atoms with Crippen LogP contribution >= 0.6 is 19.5 Å². The summed E-state index contributed by atoms with van der Waals surface area (Å²) in [5, 5.41) is 4.63. The molecule has 0 radical (unpaired) electrons. The first-order valence-electron chi connectivity index (χ1n) is 11.6. The van der Waals surface area contributed by atoms with Gasteiger partial charge in [-0.05, 0) is 65.6 Å². The molecule has 35 heavy (non-hydrogen) atoms. The third-order valence-electron chi connectivity index (χ3n) is 6.09. The summed E-state index contributed by atoms with van der Waals surface area (Å²) in [6.45, 7) is 2.14. The lowest BCUT2D eigenvalue weighted by atomic mass is 9.92. The molecule has 0 saturated heterocycles. The number of ether oxygens (including phenoxy) is 1. The summed E-state index contributed by atoms with van der Waals surface area (Å²) >= 11 is 6.64. The van der Waals surface area contributed by atoms with Crippen LogP contribution in [0.1, 0.15) is 5.56 Å². The van der Waals surface area contributed by atoms with E-state index in [2.05, 4.69) is 110 Å². The second-order valence-corrected chi connectivity index (χ2v) is 11.0. The Morgan fingerprint density at radius 3 is 1.86 bits per heavy atom. The van der Waals surface area contributed by atoms with Crippen LogP contribution in [0.3, 0.4) is 0 Å². The van der Waals surface area contributed by atoms with E-state index < -0.39 is 7.92 Å². The molecule has 0 spiro atoms. The third-order valence-corrected chi connectivity index (χ3v) is 8.83. The average Bonchev–Trinajstić information content (AvgIpc) is 2.91. The molecule has 0 unspecified atom stereocenters. The van der Waals surface area contributed by atoms with Crippen LogP contribution in [-0.4, -0.2) is 7.11 Å². The van der Waals surface area contributed by atoms with Crippen molar-refractivity contribution in [3.63, 3.8) is 0 Å². The molecule has 0 atom stereocenters. The SMILES string of the molecule is COc1ccccc1-c1ccc(C)cc1-c1cc(Cl)ccc1P(c1ccccc1)c1ccccc1. The number of hydrogen-bond donors (Lipinski definition) is 0. The first kappa shape index (κ1) is 23.4. The number of halogens is 1. The molecule has 0 saturated carbocycles. The van der Waals surface area contributed by atoms with Crippen molar-refractivity contribution in [3.8, 4) is 28.0 Å². The minimum absolute atomic E-state index is 0.729. The van der Waals surface area contributed by atoms with Crippen LogP contribution < -0.4 is 20.7 Å². The van der Waals surface area contributed by atoms with Crippen molar-refractivity contribution >= 4 is 35.4 Å². The van der Waals surface area contributed by atoms with Crippen molar-refractivity contribution in [1.82, 2.24) is 0 Å². The molecule has 0 aliphatic carbocycles. The van der Waals surface area contributed by atoms with Crippen molar-refractivity contribution in [2.24, 2.45) is 0 Å². The van der Waals surface area contributed by atoms with E-state index in [1.54, 1.807) is 7.11 Å². The third kappa shape index (κ3) is 4.89. The Morgan fingerprint density at radius 1 is 0.571 bits per heavy atom. The summed E-state index contributed by atoms with van der Waals surface area (Å²) in [6, 6.07) is 42.7. The number of para-hydroxylation sites is 1. The molecule has 0 aliphatic rings. The van der Waals surface area contributed by atoms with Crippen molar-refractivity contribution in [1.29, 1.82) is 0 Å². The van der Waals surface area contributed by atoms with E-state index in [0.717, 1.165) is 33.0 Å². The zero-order valence-corrected chi connectivity index (χ0v) is 21.4. The zero-order chi connectivity index (χ0) is 24.2. The van der Waals surface area contributed by atoms with Crippen molar-refractivity contribution in [2.75, 3.05) is 7.11 Å². The number of methoxy groups -OCH3 is 1. The van der Waals surface area contributed by atoms with E-state index in [4.69, 9.17) is 16.3 Å². The lowest BCUT2D eigenvalue weighted by Gasteiger charge is -2.24. The summed E-state index contributed by atoms with van der Waals surface area (Å²) in [7, 11) is 0.929. The van der Waals surface area contributed by atoms with Crippen LogP contribution in [0.4, 0.5) is 0 Å². The quantitative estimate of drug-likeness (QED) is 0.220. The molecule has 172 valence electrons. The van der Waals surface area contributed by atoms with Gasteiger partial charge < -0.3 is 4.74 Å². The second kappa shape index (κ2) is 10.5. The van der Waals surface area contributed by atoms with Gasteiger partial charge in [0.2, 0.25) is 0 Å². The lowest BCUT2D eigenvalue weighted by molar-refractivity contribution is 0.416. The second-order valence-electron chi connectivity index (χ2n) is 8.42. The van der Waals surface area contributed by atoms with Gasteiger partial charge in [-0.15, -0.1) is 0 Å². The standard InChI is InChI=1S/C32H26ClOP/c1-23-17-19-27(28-15-9-10-16-31(28)34-2)29(21-23)30-22-24(33)18-20-32(30)35(25-11-5-3-6-12-25)26-13-7-4-8-14-26/h3-22H,1-2H3. The predicted molar refractivity (Wildman–Crippen MR) is 152 cm³/mol. The number of hydrogen-bond acceptors (Lipinski definition) is 1. The Kier molecular flexibility index (Phi) is 7.00. The molecule has 1 nitrogen and oxygen atoms in total. The van der Waals surface area contributed by atoms with Crippen LogP contribution in [0.15, 0.2) is 121 Å². The van der Waals surface area contributed by atoms with E-state index in [9.17, 15) is 0 Å². The number of benzene rings is 5. The maximum Gasteiger partial charge on any atom is 0.126 e. The van der Waals surface area contributed by atoms with E-state index in [1.165, 1.54) is 21.5 Å². The molecule has 0 aromatic heterocycles. The van der Waals surface area contributed by atoms with Gasteiger partial charge in [-0.2, -0.15) is 0 Å². The fraction of sp³-hybridized carbons (Fsp3) is 0.0625. The van der Waals surface area contributed by atoms with Crippen molar-refractivity contribution in [3.05, 3.63) is 132 Å². The zero-order valence-electron chi connectivity index (χ0n) is 19.8. The highest BCUT2D eigenvalue weighted by molar-refractivity contribution is 7.80. The highest BCUT2D eigenvalue weighted by atomic mass is 35.5. The lowest BCUT2D eigenvalue weighted by Crippen LogP contribution is -2.22. The summed E-state index contributed by atoms with van der Waals surface area (Å²) in [4.78, 5) is 0. The topological polar surface area (TPSA) is 9.23 Å². The average molecular weight is 493 g/mol. The first-order chi connectivity index (χ1) is 17.2. The Bertz CT molecular complexity index is 1410. The number of aryl methyl sites for hydroxylation is 1. The van der Waals surface area contributed by atoms with Gasteiger partial charge in [0.1, 0.15) is 5.75 Å². The fourth-order valence-corrected chi connectivity index (χ4v) is 7.10. The van der Waals surface area contributed by atoms with Gasteiger partial charge in [0, 0.05) is 10.6 Å². The summed E-state index contributed by atoms with van der Waals surface area (Å²) in [5.41, 5.74) is 5.72. The van der Waals surface area contributed by atoms with Gasteiger partial charge in [0.25, 0.3) is 0 Å². The molecular formula is C32H26ClOP. The van der Waals surface area contributed by atoms with E-state index in [1.807, 2.05) is 18.2 Å². The van der Waals surface area contributed by atoms with E-state index in [-0.39, 0.29) is 0 Å². The molecule has 0 bridgehead atoms. The van der Waals surface area contributed by atoms with Crippen LogP contribution in [0.25, 0.3) is 22.3 Å². The molecule has 5 rings (SSSR count). The van der Waals surface area contributed by atoms with Gasteiger partial charge in [0.05, 0.1) is 7.11 Å². The minimum atomic E-state index is -0.795. The molecule has 0 amide bonds. The van der Waals surface area contributed by atoms with Gasteiger partial charge >= 0.3 is 0 Å². The molecular weight excluding hydrogens is 467 g/mol. The molecule has 5 aromatic rings. The Hall–Kier alpha value is -3.38. The maximum atomic E-state index is 6.64. The number of rotatable bonds is 6. The highest BCUT2D eigenvalue weighted by Crippen LogP contribution is 2.42. The minimum Gasteiger partial charge on any atom is -0.496 e. The maximum absolute atomic E-state index is 6.64. The molecule has 3 heteroatoms. The van der Waals surface area contributed by atoms with Crippen molar-refractivity contribution in [2.45, 2.75) is 6.92 Å². The highest BCUT2D eigenvalue weighted by Gasteiger charge is 2.22. The summed E-state index contributed by atoms with van der Waals surface area (Å²) in [6.07, 6.45) is 0. The fourth-order valence-electron chi connectivity index (χ4n) is 4.48. The first-order valence-corrected chi connectivity index (χ1v) is 13.3. The smallest absolute Gasteiger partial charge is 0.126 e. The van der Waals surface area contributed by atoms with Gasteiger partial charge in [-0.1, -0.05) is 120 Å². The van der Waals surface area contributed by atoms with Crippen LogP contribution in [0.2, 0.25) is 5.02 Å². The van der Waals surface area contributed by atoms with Gasteiger partial charge in [-0.25, -0.2) is 0 Å². The van der Waals surface area contributed by atoms with Gasteiger partial charge in [0.15, 0.2) is 0 Å². The molecule has 5 aromatic carbocycles. The molecule has 0 heterocycles. The molecule has 0 fully saturated rings. The van der Waals surface area contributed by atoms with Gasteiger partial charge in [-0.3, -0.25) is 0 Å². The van der Waals surface area contributed by atoms with Crippen LogP contribution in [-0.2, 0) is 0 Å². The summed E-state index contributed by atoms with van der Waals surface area (Å²) in [5.74, 6) is 0.856. The normalized spacial score (nSPS) is 11.0. The Morgan fingerprint density at radius 2 is 1.20 bits per heavy atom. The molecule has 0 aliphatic heterocycles. The Labute approximate surface area is 213 Å². The summed E-state index contributed by atoms with van der Waals surface area (Å²) < 4.78 is 5.74. The van der Waals surface area contributed by atoms with E-state index in [0.29, 0.717) is 0 Å². The molecule has 0 N–H and O–H groups in total. The largest absolute Gasteiger partial charge is 0.496 e. The van der Waals surface area contributed by atoms with Crippen LogP contribution in [0.5, 0.6) is 5.75 Å². The Balaban J connectivity index is 1.80. The van der Waals surface area contributed by atoms with Crippen LogP contribution in [0, 0.1) is 6.92 Å². The monoisotopic (exact) mass is 492 g/mol.